The molecular formula is C12H15N3O2. The normalized spacial score (nSPS) is 11.6. The van der Waals surface area contributed by atoms with Crippen LogP contribution in [0.3, 0.4) is 0 Å². The van der Waals surface area contributed by atoms with Crippen LogP contribution in [0.15, 0.2) is 18.3 Å². The third-order valence-corrected chi connectivity index (χ3v) is 2.41. The molecule has 1 aromatic rings. The number of aromatic carboxylic acids is 1. The number of anilines is 1. The van der Waals surface area contributed by atoms with E-state index in [-0.39, 0.29) is 11.5 Å². The quantitative estimate of drug-likeness (QED) is 0.838. The summed E-state index contributed by atoms with van der Waals surface area (Å²) >= 11 is 0. The van der Waals surface area contributed by atoms with Crippen LogP contribution in [0.1, 0.15) is 24.2 Å². The summed E-state index contributed by atoms with van der Waals surface area (Å²) in [7, 11) is 0. The van der Waals surface area contributed by atoms with Gasteiger partial charge < -0.3 is 10.0 Å². The standard InChI is InChI=1S/C12H15N3O2/c1-3-15(8-9(2)7-13)11-6-10(12(16)17)4-5-14-11/h4-6,9H,3,8H2,1-2H3,(H,16,17). The van der Waals surface area contributed by atoms with Crippen LogP contribution in [0.25, 0.3) is 0 Å². The molecule has 90 valence electrons. The fraction of sp³-hybridized carbons (Fsp3) is 0.417. The molecule has 5 nitrogen and oxygen atoms in total. The molecule has 1 atom stereocenters. The molecule has 0 fully saturated rings. The highest BCUT2D eigenvalue weighted by molar-refractivity contribution is 5.88. The van der Waals surface area contributed by atoms with Crippen molar-refractivity contribution in [2.45, 2.75) is 13.8 Å². The lowest BCUT2D eigenvalue weighted by Gasteiger charge is -2.23. The summed E-state index contributed by atoms with van der Waals surface area (Å²) in [6, 6.07) is 5.13. The van der Waals surface area contributed by atoms with Crippen LogP contribution in [0.4, 0.5) is 5.82 Å². The molecule has 0 aliphatic carbocycles. The number of hydrogen-bond donors (Lipinski definition) is 1. The highest BCUT2D eigenvalue weighted by Gasteiger charge is 2.12. The number of pyridine rings is 1. The van der Waals surface area contributed by atoms with Crippen molar-refractivity contribution in [1.29, 1.82) is 5.26 Å². The Hall–Kier alpha value is -2.09. The van der Waals surface area contributed by atoms with Crippen LogP contribution in [-0.4, -0.2) is 29.1 Å². The van der Waals surface area contributed by atoms with Crippen LogP contribution < -0.4 is 4.90 Å². The number of nitriles is 1. The molecular weight excluding hydrogens is 218 g/mol. The molecule has 0 aliphatic heterocycles. The van der Waals surface area contributed by atoms with E-state index < -0.39 is 5.97 Å². The van der Waals surface area contributed by atoms with Gasteiger partial charge in [-0.2, -0.15) is 5.26 Å². The van der Waals surface area contributed by atoms with E-state index in [2.05, 4.69) is 11.1 Å². The van der Waals surface area contributed by atoms with Crippen molar-refractivity contribution in [2.75, 3.05) is 18.0 Å². The largest absolute Gasteiger partial charge is 0.478 e. The highest BCUT2D eigenvalue weighted by atomic mass is 16.4. The minimum atomic E-state index is -0.974. The minimum absolute atomic E-state index is 0.120. The number of carboxylic acid groups (broad SMARTS) is 1. The van der Waals surface area contributed by atoms with E-state index in [0.29, 0.717) is 18.9 Å². The van der Waals surface area contributed by atoms with Crippen molar-refractivity contribution in [3.63, 3.8) is 0 Å². The molecule has 1 unspecified atom stereocenters. The van der Waals surface area contributed by atoms with Gasteiger partial charge >= 0.3 is 5.97 Å². The van der Waals surface area contributed by atoms with Crippen LogP contribution in [-0.2, 0) is 0 Å². The Morgan fingerprint density at radius 1 is 1.71 bits per heavy atom. The first kappa shape index (κ1) is 13.0. The van der Waals surface area contributed by atoms with Crippen molar-refractivity contribution < 1.29 is 9.90 Å². The van der Waals surface area contributed by atoms with Gasteiger partial charge in [0.2, 0.25) is 0 Å². The summed E-state index contributed by atoms with van der Waals surface area (Å²) < 4.78 is 0. The lowest BCUT2D eigenvalue weighted by atomic mass is 10.2. The smallest absolute Gasteiger partial charge is 0.335 e. The predicted molar refractivity (Wildman–Crippen MR) is 63.9 cm³/mol. The van der Waals surface area contributed by atoms with Crippen molar-refractivity contribution in [3.8, 4) is 6.07 Å². The second-order valence-corrected chi connectivity index (χ2v) is 3.78. The van der Waals surface area contributed by atoms with Gasteiger partial charge in [-0.15, -0.1) is 0 Å². The number of nitrogens with zero attached hydrogens (tertiary/aromatic N) is 3. The Kier molecular flexibility index (Phi) is 4.46. The van der Waals surface area contributed by atoms with Crippen LogP contribution in [0, 0.1) is 17.2 Å². The molecule has 1 heterocycles. The van der Waals surface area contributed by atoms with Gasteiger partial charge in [0, 0.05) is 19.3 Å². The summed E-state index contributed by atoms with van der Waals surface area (Å²) in [5, 5.41) is 17.7. The predicted octanol–water partition coefficient (Wildman–Crippen LogP) is 1.77. The van der Waals surface area contributed by atoms with E-state index in [1.165, 1.54) is 18.3 Å². The number of carbonyl (C=O) groups is 1. The van der Waals surface area contributed by atoms with Crippen LogP contribution in [0.2, 0.25) is 0 Å². The number of aromatic nitrogens is 1. The maximum atomic E-state index is 10.8. The van der Waals surface area contributed by atoms with Gasteiger partial charge in [0.05, 0.1) is 17.6 Å². The van der Waals surface area contributed by atoms with Crippen LogP contribution >= 0.6 is 0 Å². The lowest BCUT2D eigenvalue weighted by molar-refractivity contribution is 0.0697. The molecule has 0 saturated heterocycles. The molecule has 0 aromatic carbocycles. The Balaban J connectivity index is 2.92. The fourth-order valence-corrected chi connectivity index (χ4v) is 1.48. The maximum Gasteiger partial charge on any atom is 0.335 e. The monoisotopic (exact) mass is 233 g/mol. The lowest BCUT2D eigenvalue weighted by Crippen LogP contribution is -2.28. The van der Waals surface area contributed by atoms with Gasteiger partial charge in [0.1, 0.15) is 5.82 Å². The van der Waals surface area contributed by atoms with E-state index in [1.807, 2.05) is 18.7 Å². The first-order valence-electron chi connectivity index (χ1n) is 5.42. The topological polar surface area (TPSA) is 77.2 Å². The van der Waals surface area contributed by atoms with E-state index >= 15 is 0 Å². The molecule has 0 spiro atoms. The Morgan fingerprint density at radius 3 is 2.94 bits per heavy atom. The number of carboxylic acids is 1. The van der Waals surface area contributed by atoms with Crippen molar-refractivity contribution in [3.05, 3.63) is 23.9 Å². The van der Waals surface area contributed by atoms with Gasteiger partial charge in [-0.25, -0.2) is 9.78 Å². The summed E-state index contributed by atoms with van der Waals surface area (Å²) in [6.07, 6.45) is 1.47. The second kappa shape index (κ2) is 5.85. The Labute approximate surface area is 100 Å². The zero-order chi connectivity index (χ0) is 12.8. The summed E-state index contributed by atoms with van der Waals surface area (Å²) in [4.78, 5) is 16.9. The fourth-order valence-electron chi connectivity index (χ4n) is 1.48. The second-order valence-electron chi connectivity index (χ2n) is 3.78. The van der Waals surface area contributed by atoms with E-state index in [4.69, 9.17) is 10.4 Å². The Bertz CT molecular complexity index is 440. The highest BCUT2D eigenvalue weighted by Crippen LogP contribution is 2.14. The molecule has 0 bridgehead atoms. The van der Waals surface area contributed by atoms with Crippen molar-refractivity contribution in [1.82, 2.24) is 4.98 Å². The molecule has 17 heavy (non-hydrogen) atoms. The summed E-state index contributed by atoms with van der Waals surface area (Å²) in [5.74, 6) is -0.502. The SMILES string of the molecule is CCN(CC(C)C#N)c1cc(C(=O)O)ccn1. The first-order chi connectivity index (χ1) is 8.08. The number of hydrogen-bond acceptors (Lipinski definition) is 4. The summed E-state index contributed by atoms with van der Waals surface area (Å²) in [6.45, 7) is 4.99. The molecule has 1 rings (SSSR count). The van der Waals surface area contributed by atoms with Gasteiger partial charge in [-0.3, -0.25) is 0 Å². The molecule has 0 radical (unpaired) electrons. The van der Waals surface area contributed by atoms with E-state index in [1.54, 1.807) is 0 Å². The molecule has 0 amide bonds. The third kappa shape index (κ3) is 3.45. The van der Waals surface area contributed by atoms with Gasteiger partial charge in [0.15, 0.2) is 0 Å². The molecule has 1 aromatic heterocycles. The van der Waals surface area contributed by atoms with Crippen molar-refractivity contribution in [2.24, 2.45) is 5.92 Å². The number of rotatable bonds is 5. The molecule has 1 N–H and O–H groups in total. The zero-order valence-electron chi connectivity index (χ0n) is 9.92. The Morgan fingerprint density at radius 2 is 2.41 bits per heavy atom. The minimum Gasteiger partial charge on any atom is -0.478 e. The first-order valence-corrected chi connectivity index (χ1v) is 5.42. The third-order valence-electron chi connectivity index (χ3n) is 2.41. The molecule has 0 saturated carbocycles. The van der Waals surface area contributed by atoms with E-state index in [0.717, 1.165) is 0 Å². The average molecular weight is 233 g/mol. The van der Waals surface area contributed by atoms with Crippen LogP contribution in [0.5, 0.6) is 0 Å². The maximum absolute atomic E-state index is 10.8. The van der Waals surface area contributed by atoms with Crippen molar-refractivity contribution >= 4 is 11.8 Å². The van der Waals surface area contributed by atoms with Gasteiger partial charge in [0.25, 0.3) is 0 Å². The van der Waals surface area contributed by atoms with E-state index in [9.17, 15) is 4.79 Å². The molecule has 0 aliphatic rings. The molecule has 5 heteroatoms. The zero-order valence-corrected chi connectivity index (χ0v) is 9.92. The van der Waals surface area contributed by atoms with Gasteiger partial charge in [-0.05, 0) is 26.0 Å². The average Bonchev–Trinajstić information content (AvgIpc) is 2.35. The van der Waals surface area contributed by atoms with Gasteiger partial charge in [-0.1, -0.05) is 0 Å². The summed E-state index contributed by atoms with van der Waals surface area (Å²) in [5.41, 5.74) is 0.207.